The smallest absolute Gasteiger partial charge is 0.275 e. The number of hydrogen-bond acceptors (Lipinski definition) is 2. The van der Waals surface area contributed by atoms with Gasteiger partial charge in [0.15, 0.2) is 5.69 Å². The summed E-state index contributed by atoms with van der Waals surface area (Å²) < 4.78 is 5.27. The number of rotatable bonds is 2. The molecule has 6 heteroatoms. The fraction of sp³-hybridized carbons (Fsp3) is 0.364. The third-order valence-corrected chi connectivity index (χ3v) is 6.59. The van der Waals surface area contributed by atoms with Crippen LogP contribution in [0.1, 0.15) is 53.2 Å². The lowest BCUT2D eigenvalue weighted by Gasteiger charge is -2.34. The number of halogens is 1. The van der Waals surface area contributed by atoms with E-state index in [0.29, 0.717) is 5.69 Å². The van der Waals surface area contributed by atoms with Gasteiger partial charge in [0, 0.05) is 40.7 Å². The molecule has 0 fully saturated rings. The van der Waals surface area contributed by atoms with Gasteiger partial charge < -0.3 is 9.47 Å². The van der Waals surface area contributed by atoms with Gasteiger partial charge >= 0.3 is 0 Å². The maximum Gasteiger partial charge on any atom is 0.275 e. The fourth-order valence-electron chi connectivity index (χ4n) is 4.56. The zero-order chi connectivity index (χ0) is 19.3. The van der Waals surface area contributed by atoms with Crippen LogP contribution in [0.5, 0.6) is 0 Å². The maximum atomic E-state index is 13.5. The van der Waals surface area contributed by atoms with Crippen molar-refractivity contribution in [2.45, 2.75) is 45.2 Å². The van der Waals surface area contributed by atoms with Crippen LogP contribution in [-0.2, 0) is 19.4 Å². The number of carbonyl (C=O) groups excluding carboxylic acids is 1. The molecule has 3 aromatic rings. The van der Waals surface area contributed by atoms with Crippen molar-refractivity contribution in [1.29, 1.82) is 0 Å². The van der Waals surface area contributed by atoms with Gasteiger partial charge in [0.05, 0.1) is 11.7 Å². The van der Waals surface area contributed by atoms with Gasteiger partial charge in [-0.15, -0.1) is 0 Å². The first kappa shape index (κ1) is 17.7. The molecule has 5 rings (SSSR count). The summed E-state index contributed by atoms with van der Waals surface area (Å²) in [5.41, 5.74) is 5.20. The summed E-state index contributed by atoms with van der Waals surface area (Å²) in [4.78, 5) is 15.5. The molecule has 0 bridgehead atoms. The number of hydrogen-bond donors (Lipinski definition) is 0. The Morgan fingerprint density at radius 3 is 2.71 bits per heavy atom. The van der Waals surface area contributed by atoms with E-state index in [2.05, 4.69) is 57.9 Å². The molecule has 1 aliphatic carbocycles. The molecule has 0 radical (unpaired) electrons. The molecule has 1 amide bonds. The molecule has 1 aliphatic heterocycles. The first-order valence-corrected chi connectivity index (χ1v) is 10.8. The van der Waals surface area contributed by atoms with Crippen LogP contribution in [0.25, 0.3) is 5.69 Å². The lowest BCUT2D eigenvalue weighted by atomic mass is 9.95. The minimum atomic E-state index is 0.0633. The van der Waals surface area contributed by atoms with E-state index < -0.39 is 0 Å². The number of aromatic nitrogens is 3. The third-order valence-electron chi connectivity index (χ3n) is 6.06. The molecule has 1 unspecified atom stereocenters. The zero-order valence-corrected chi connectivity index (χ0v) is 17.5. The topological polar surface area (TPSA) is 43.1 Å². The van der Waals surface area contributed by atoms with Crippen LogP contribution in [0.3, 0.4) is 0 Å². The van der Waals surface area contributed by atoms with Crippen LogP contribution >= 0.6 is 15.9 Å². The summed E-state index contributed by atoms with van der Waals surface area (Å²) in [5, 5.41) is 4.85. The Balaban J connectivity index is 1.55. The van der Waals surface area contributed by atoms with E-state index >= 15 is 0 Å². The minimum absolute atomic E-state index is 0.0633. The molecular weight excluding hydrogens is 416 g/mol. The highest BCUT2D eigenvalue weighted by molar-refractivity contribution is 9.10. The van der Waals surface area contributed by atoms with Gasteiger partial charge in [0.1, 0.15) is 0 Å². The van der Waals surface area contributed by atoms with Crippen molar-refractivity contribution in [3.05, 3.63) is 69.7 Å². The van der Waals surface area contributed by atoms with Gasteiger partial charge in [-0.1, -0.05) is 15.9 Å². The Bertz CT molecular complexity index is 1030. The molecule has 0 saturated heterocycles. The highest BCUT2D eigenvalue weighted by Crippen LogP contribution is 2.31. The Hall–Kier alpha value is -2.34. The fourth-order valence-corrected chi connectivity index (χ4v) is 4.82. The summed E-state index contributed by atoms with van der Waals surface area (Å²) in [7, 11) is 0. The normalized spacial score (nSPS) is 18.6. The van der Waals surface area contributed by atoms with Gasteiger partial charge in [-0.3, -0.25) is 4.79 Å². The second kappa shape index (κ2) is 6.92. The van der Waals surface area contributed by atoms with E-state index in [9.17, 15) is 4.79 Å². The highest BCUT2D eigenvalue weighted by Gasteiger charge is 2.33. The van der Waals surface area contributed by atoms with Crippen LogP contribution < -0.4 is 0 Å². The zero-order valence-electron chi connectivity index (χ0n) is 15.9. The average Bonchev–Trinajstić information content (AvgIpc) is 3.34. The summed E-state index contributed by atoms with van der Waals surface area (Å²) in [5.74, 6) is 0.0639. The van der Waals surface area contributed by atoms with E-state index in [1.807, 2.05) is 21.7 Å². The number of amides is 1. The minimum Gasteiger partial charge on any atom is -0.348 e. The van der Waals surface area contributed by atoms with E-state index in [-0.39, 0.29) is 11.9 Å². The predicted molar refractivity (Wildman–Crippen MR) is 112 cm³/mol. The number of fused-ring (bicyclic) bond motifs is 2. The predicted octanol–water partition coefficient (Wildman–Crippen LogP) is 4.53. The monoisotopic (exact) mass is 438 g/mol. The molecule has 2 aliphatic rings. The molecule has 0 N–H and O–H groups in total. The van der Waals surface area contributed by atoms with E-state index in [0.717, 1.165) is 54.5 Å². The Morgan fingerprint density at radius 2 is 1.89 bits per heavy atom. The van der Waals surface area contributed by atoms with Crippen LogP contribution in [0.2, 0.25) is 0 Å². The van der Waals surface area contributed by atoms with Crippen molar-refractivity contribution in [3.63, 3.8) is 0 Å². The molecule has 0 spiro atoms. The Morgan fingerprint density at radius 1 is 1.11 bits per heavy atom. The van der Waals surface area contributed by atoms with E-state index in [1.165, 1.54) is 11.4 Å². The van der Waals surface area contributed by atoms with Crippen molar-refractivity contribution in [1.82, 2.24) is 19.2 Å². The second-order valence-electron chi connectivity index (χ2n) is 7.67. The third kappa shape index (κ3) is 2.82. The molecule has 2 aromatic heterocycles. The van der Waals surface area contributed by atoms with Crippen molar-refractivity contribution in [2.75, 3.05) is 6.54 Å². The lowest BCUT2D eigenvalue weighted by Crippen LogP contribution is -2.41. The van der Waals surface area contributed by atoms with E-state index in [1.54, 1.807) is 0 Å². The van der Waals surface area contributed by atoms with Gasteiger partial charge in [-0.05, 0) is 69.0 Å². The number of carbonyl (C=O) groups is 1. The molecule has 3 heterocycles. The summed E-state index contributed by atoms with van der Waals surface area (Å²) in [6.45, 7) is 3.68. The summed E-state index contributed by atoms with van der Waals surface area (Å²) in [6.07, 6.45) is 6.28. The van der Waals surface area contributed by atoms with Crippen molar-refractivity contribution < 1.29 is 4.79 Å². The molecule has 144 valence electrons. The first-order chi connectivity index (χ1) is 13.6. The molecule has 1 atom stereocenters. The molecule has 5 nitrogen and oxygen atoms in total. The van der Waals surface area contributed by atoms with Crippen molar-refractivity contribution >= 4 is 21.8 Å². The Labute approximate surface area is 173 Å². The SMILES string of the molecule is CC1c2cccn2CCN1C(=O)c1nn(-c2ccc(Br)cc2)c2c1CCCC2. The average molecular weight is 439 g/mol. The maximum absolute atomic E-state index is 13.5. The van der Waals surface area contributed by atoms with Crippen LogP contribution in [-0.4, -0.2) is 31.7 Å². The highest BCUT2D eigenvalue weighted by atomic mass is 79.9. The van der Waals surface area contributed by atoms with Gasteiger partial charge in [-0.25, -0.2) is 4.68 Å². The standard InChI is InChI=1S/C22H23BrN4O/c1-15-19-7-4-12-25(19)13-14-26(15)22(28)21-18-5-2-3-6-20(18)27(24-21)17-10-8-16(23)9-11-17/h4,7-12,15H,2-3,5-6,13-14H2,1H3. The quantitative estimate of drug-likeness (QED) is 0.589. The molecule has 0 saturated carbocycles. The van der Waals surface area contributed by atoms with Crippen molar-refractivity contribution in [2.24, 2.45) is 0 Å². The first-order valence-electron chi connectivity index (χ1n) is 9.96. The lowest BCUT2D eigenvalue weighted by molar-refractivity contribution is 0.0636. The molecule has 28 heavy (non-hydrogen) atoms. The second-order valence-corrected chi connectivity index (χ2v) is 8.59. The van der Waals surface area contributed by atoms with Crippen molar-refractivity contribution in [3.8, 4) is 5.69 Å². The summed E-state index contributed by atoms with van der Waals surface area (Å²) >= 11 is 3.50. The van der Waals surface area contributed by atoms with Gasteiger partial charge in [0.25, 0.3) is 5.91 Å². The summed E-state index contributed by atoms with van der Waals surface area (Å²) in [6, 6.07) is 12.4. The van der Waals surface area contributed by atoms with E-state index in [4.69, 9.17) is 5.10 Å². The van der Waals surface area contributed by atoms with Gasteiger partial charge in [0.2, 0.25) is 0 Å². The number of nitrogens with zero attached hydrogens (tertiary/aromatic N) is 4. The van der Waals surface area contributed by atoms with Gasteiger partial charge in [-0.2, -0.15) is 5.10 Å². The molecular formula is C22H23BrN4O. The van der Waals surface area contributed by atoms with Crippen LogP contribution in [0.4, 0.5) is 0 Å². The molecule has 1 aromatic carbocycles. The van der Waals surface area contributed by atoms with Crippen LogP contribution in [0.15, 0.2) is 47.1 Å². The largest absolute Gasteiger partial charge is 0.348 e. The number of benzene rings is 1. The van der Waals surface area contributed by atoms with Crippen LogP contribution in [0, 0.1) is 0 Å². The Kier molecular flexibility index (Phi) is 4.38.